The van der Waals surface area contributed by atoms with E-state index >= 15 is 0 Å². The average Bonchev–Trinajstić information content (AvgIpc) is 2.38. The molecule has 0 N–H and O–H groups in total. The smallest absolute Gasteiger partial charge is 0.145 e. The molecule has 0 saturated heterocycles. The third kappa shape index (κ3) is 3.69. The van der Waals surface area contributed by atoms with Gasteiger partial charge in [0.1, 0.15) is 16.5 Å². The number of alkyl halides is 1. The van der Waals surface area contributed by atoms with Crippen LogP contribution in [0.1, 0.15) is 43.5 Å². The Balaban J connectivity index is 2.90. The lowest BCUT2D eigenvalue weighted by molar-refractivity contribution is 0.390. The molecule has 0 aliphatic rings. The molecular weight excluding hydrogens is 271 g/mol. The molecule has 1 unspecified atom stereocenters. The van der Waals surface area contributed by atoms with Gasteiger partial charge >= 0.3 is 0 Å². The SMILES string of the molecule is CCCCCC(Cl)c1ccc(OC)c(Cl)c1OC. The van der Waals surface area contributed by atoms with Crippen LogP contribution in [0.4, 0.5) is 0 Å². The van der Waals surface area contributed by atoms with E-state index in [1.165, 1.54) is 12.8 Å². The van der Waals surface area contributed by atoms with Crippen LogP contribution in [0, 0.1) is 0 Å². The number of halogens is 2. The second-order valence-corrected chi connectivity index (χ2v) is 5.07. The van der Waals surface area contributed by atoms with Crippen LogP contribution in [0.25, 0.3) is 0 Å². The third-order valence-corrected chi connectivity index (χ3v) is 3.73. The van der Waals surface area contributed by atoms with Gasteiger partial charge in [-0.15, -0.1) is 11.6 Å². The minimum Gasteiger partial charge on any atom is -0.495 e. The molecule has 1 rings (SSSR count). The molecule has 4 heteroatoms. The van der Waals surface area contributed by atoms with Crippen LogP contribution in [-0.2, 0) is 0 Å². The van der Waals surface area contributed by atoms with E-state index in [9.17, 15) is 0 Å². The highest BCUT2D eigenvalue weighted by atomic mass is 35.5. The summed E-state index contributed by atoms with van der Waals surface area (Å²) in [5.41, 5.74) is 0.932. The van der Waals surface area contributed by atoms with Gasteiger partial charge in [0.2, 0.25) is 0 Å². The van der Waals surface area contributed by atoms with Crippen molar-refractivity contribution in [1.29, 1.82) is 0 Å². The molecule has 0 radical (unpaired) electrons. The van der Waals surface area contributed by atoms with Crippen molar-refractivity contribution in [2.45, 2.75) is 38.0 Å². The normalized spacial score (nSPS) is 12.3. The number of rotatable bonds is 7. The van der Waals surface area contributed by atoms with Gasteiger partial charge < -0.3 is 9.47 Å². The Labute approximate surface area is 119 Å². The molecule has 0 amide bonds. The number of hydrogen-bond acceptors (Lipinski definition) is 2. The van der Waals surface area contributed by atoms with Gasteiger partial charge in [-0.2, -0.15) is 0 Å². The van der Waals surface area contributed by atoms with E-state index in [0.717, 1.165) is 18.4 Å². The maximum absolute atomic E-state index is 6.41. The third-order valence-electron chi connectivity index (χ3n) is 2.91. The first-order valence-corrected chi connectivity index (χ1v) is 7.01. The molecule has 0 heterocycles. The Morgan fingerprint density at radius 2 is 1.89 bits per heavy atom. The van der Waals surface area contributed by atoms with Gasteiger partial charge in [-0.25, -0.2) is 0 Å². The van der Waals surface area contributed by atoms with Crippen molar-refractivity contribution in [3.05, 3.63) is 22.7 Å². The van der Waals surface area contributed by atoms with Crippen LogP contribution in [0.5, 0.6) is 11.5 Å². The summed E-state index contributed by atoms with van der Waals surface area (Å²) in [4.78, 5) is 0. The molecule has 0 bridgehead atoms. The fraction of sp³-hybridized carbons (Fsp3) is 0.571. The van der Waals surface area contributed by atoms with Gasteiger partial charge in [0, 0.05) is 5.56 Å². The Morgan fingerprint density at radius 3 is 2.44 bits per heavy atom. The van der Waals surface area contributed by atoms with Crippen molar-refractivity contribution >= 4 is 23.2 Å². The molecule has 0 aromatic heterocycles. The maximum atomic E-state index is 6.41. The molecule has 0 spiro atoms. The molecule has 0 aliphatic carbocycles. The summed E-state index contributed by atoms with van der Waals surface area (Å²) in [6.45, 7) is 2.17. The van der Waals surface area contributed by atoms with E-state index in [2.05, 4.69) is 6.92 Å². The van der Waals surface area contributed by atoms with Gasteiger partial charge in [-0.1, -0.05) is 43.9 Å². The first-order chi connectivity index (χ1) is 8.65. The van der Waals surface area contributed by atoms with Gasteiger partial charge in [-0.3, -0.25) is 0 Å². The molecule has 1 atom stereocenters. The summed E-state index contributed by atoms with van der Waals surface area (Å²) >= 11 is 12.6. The summed E-state index contributed by atoms with van der Waals surface area (Å²) in [5.74, 6) is 1.22. The lowest BCUT2D eigenvalue weighted by Crippen LogP contribution is -1.98. The highest BCUT2D eigenvalue weighted by molar-refractivity contribution is 6.34. The Bertz CT molecular complexity index is 380. The molecule has 102 valence electrons. The van der Waals surface area contributed by atoms with Crippen LogP contribution in [0.2, 0.25) is 5.02 Å². The van der Waals surface area contributed by atoms with E-state index in [1.54, 1.807) is 14.2 Å². The Hall–Kier alpha value is -0.600. The molecule has 0 fully saturated rings. The fourth-order valence-corrected chi connectivity index (χ4v) is 2.55. The highest BCUT2D eigenvalue weighted by Crippen LogP contribution is 2.42. The van der Waals surface area contributed by atoms with Crippen molar-refractivity contribution in [3.8, 4) is 11.5 Å². The van der Waals surface area contributed by atoms with Crippen molar-refractivity contribution < 1.29 is 9.47 Å². The fourth-order valence-electron chi connectivity index (χ4n) is 1.89. The zero-order valence-electron chi connectivity index (χ0n) is 11.1. The summed E-state index contributed by atoms with van der Waals surface area (Å²) < 4.78 is 10.5. The molecule has 0 saturated carbocycles. The number of ether oxygens (including phenoxy) is 2. The van der Waals surface area contributed by atoms with Crippen LogP contribution in [0.15, 0.2) is 12.1 Å². The standard InChI is InChI=1S/C14H20Cl2O2/c1-4-5-6-7-11(15)10-8-9-12(17-2)13(16)14(10)18-3/h8-9,11H,4-7H2,1-3H3. The topological polar surface area (TPSA) is 18.5 Å². The first-order valence-electron chi connectivity index (χ1n) is 6.20. The minimum atomic E-state index is -0.0742. The van der Waals surface area contributed by atoms with Crippen molar-refractivity contribution in [3.63, 3.8) is 0 Å². The predicted octanol–water partition coefficient (Wildman–Crippen LogP) is 5.22. The van der Waals surface area contributed by atoms with Crippen molar-refractivity contribution in [2.75, 3.05) is 14.2 Å². The Morgan fingerprint density at radius 1 is 1.17 bits per heavy atom. The number of methoxy groups -OCH3 is 2. The highest BCUT2D eigenvalue weighted by Gasteiger charge is 2.18. The average molecular weight is 291 g/mol. The van der Waals surface area contributed by atoms with E-state index in [-0.39, 0.29) is 5.38 Å². The van der Waals surface area contributed by atoms with Crippen LogP contribution < -0.4 is 9.47 Å². The van der Waals surface area contributed by atoms with Gasteiger partial charge in [-0.05, 0) is 12.5 Å². The second kappa shape index (κ2) is 7.75. The summed E-state index contributed by atoms with van der Waals surface area (Å²) in [7, 11) is 3.18. The summed E-state index contributed by atoms with van der Waals surface area (Å²) in [6, 6.07) is 3.75. The van der Waals surface area contributed by atoms with Crippen molar-refractivity contribution in [1.82, 2.24) is 0 Å². The summed E-state index contributed by atoms with van der Waals surface area (Å²) in [6.07, 6.45) is 4.41. The summed E-state index contributed by atoms with van der Waals surface area (Å²) in [5, 5.41) is 0.411. The molecular formula is C14H20Cl2O2. The molecule has 1 aromatic carbocycles. The molecule has 18 heavy (non-hydrogen) atoms. The van der Waals surface area contributed by atoms with Crippen LogP contribution >= 0.6 is 23.2 Å². The number of hydrogen-bond donors (Lipinski definition) is 0. The monoisotopic (exact) mass is 290 g/mol. The maximum Gasteiger partial charge on any atom is 0.145 e. The number of benzene rings is 1. The van der Waals surface area contributed by atoms with Crippen molar-refractivity contribution in [2.24, 2.45) is 0 Å². The van der Waals surface area contributed by atoms with Crippen LogP contribution in [-0.4, -0.2) is 14.2 Å². The lowest BCUT2D eigenvalue weighted by atomic mass is 10.0. The zero-order valence-corrected chi connectivity index (χ0v) is 12.6. The Kier molecular flexibility index (Phi) is 6.66. The van der Waals surface area contributed by atoms with Crippen LogP contribution in [0.3, 0.4) is 0 Å². The van der Waals surface area contributed by atoms with E-state index in [4.69, 9.17) is 32.7 Å². The van der Waals surface area contributed by atoms with Gasteiger partial charge in [0.15, 0.2) is 0 Å². The number of unbranched alkanes of at least 4 members (excludes halogenated alkanes) is 2. The van der Waals surface area contributed by atoms with Gasteiger partial charge in [0.05, 0.1) is 19.6 Å². The van der Waals surface area contributed by atoms with E-state index < -0.39 is 0 Å². The van der Waals surface area contributed by atoms with E-state index in [0.29, 0.717) is 16.5 Å². The molecule has 1 aromatic rings. The lowest BCUT2D eigenvalue weighted by Gasteiger charge is -2.16. The second-order valence-electron chi connectivity index (χ2n) is 4.17. The zero-order chi connectivity index (χ0) is 13.5. The van der Waals surface area contributed by atoms with Gasteiger partial charge in [0.25, 0.3) is 0 Å². The molecule has 2 nitrogen and oxygen atoms in total. The van der Waals surface area contributed by atoms with E-state index in [1.807, 2.05) is 12.1 Å². The minimum absolute atomic E-state index is 0.0742. The molecule has 0 aliphatic heterocycles. The quantitative estimate of drug-likeness (QED) is 0.506. The predicted molar refractivity (Wildman–Crippen MR) is 77.3 cm³/mol. The first kappa shape index (κ1) is 15.5. The largest absolute Gasteiger partial charge is 0.495 e.